The number of sulfonamides is 1. The summed E-state index contributed by atoms with van der Waals surface area (Å²) in [5, 5.41) is 0. The molecule has 0 aliphatic carbocycles. The van der Waals surface area contributed by atoms with Crippen LogP contribution in [0.5, 0.6) is 0 Å². The summed E-state index contributed by atoms with van der Waals surface area (Å²) < 4.78 is 28.4. The standard InChI is InChI=1S/C24H27NO2S/c1-20(2)17-21-13-15-24(16-14-21)28(26,27)25(18-22-9-5-3-6-10-22)19-23-11-7-4-8-12-23/h3-16,20H,17-19H2,1-2H3. The molecule has 28 heavy (non-hydrogen) atoms. The van der Waals surface area contributed by atoms with Crippen LogP contribution in [0.15, 0.2) is 89.8 Å². The Morgan fingerprint density at radius 3 is 1.57 bits per heavy atom. The first kappa shape index (κ1) is 20.3. The lowest BCUT2D eigenvalue weighted by molar-refractivity contribution is 0.401. The second-order valence-electron chi connectivity index (χ2n) is 7.49. The summed E-state index contributed by atoms with van der Waals surface area (Å²) in [5.41, 5.74) is 3.10. The minimum atomic E-state index is -3.61. The molecule has 0 aliphatic heterocycles. The highest BCUT2D eigenvalue weighted by atomic mass is 32.2. The van der Waals surface area contributed by atoms with E-state index in [-0.39, 0.29) is 0 Å². The highest BCUT2D eigenvalue weighted by Crippen LogP contribution is 2.22. The Labute approximate surface area is 168 Å². The van der Waals surface area contributed by atoms with E-state index in [0.717, 1.165) is 23.1 Å². The first-order valence-corrected chi connectivity index (χ1v) is 11.1. The van der Waals surface area contributed by atoms with Crippen molar-refractivity contribution in [3.8, 4) is 0 Å². The molecule has 3 nitrogen and oxygen atoms in total. The molecule has 0 spiro atoms. The maximum atomic E-state index is 13.4. The van der Waals surface area contributed by atoms with Gasteiger partial charge in [-0.25, -0.2) is 8.42 Å². The molecule has 3 rings (SSSR count). The zero-order chi connectivity index (χ0) is 20.0. The molecule has 146 valence electrons. The molecule has 0 fully saturated rings. The third-order valence-corrected chi connectivity index (χ3v) is 6.41. The Morgan fingerprint density at radius 1 is 0.679 bits per heavy atom. The Kier molecular flexibility index (Phi) is 6.65. The van der Waals surface area contributed by atoms with Crippen molar-refractivity contribution >= 4 is 10.0 Å². The fraction of sp³-hybridized carbons (Fsp3) is 0.250. The van der Waals surface area contributed by atoms with Crippen LogP contribution >= 0.6 is 0 Å². The number of benzene rings is 3. The molecule has 3 aromatic rings. The lowest BCUT2D eigenvalue weighted by Crippen LogP contribution is -2.30. The monoisotopic (exact) mass is 393 g/mol. The van der Waals surface area contributed by atoms with Gasteiger partial charge in [-0.05, 0) is 41.2 Å². The summed E-state index contributed by atoms with van der Waals surface area (Å²) in [6.45, 7) is 5.00. The van der Waals surface area contributed by atoms with Crippen molar-refractivity contribution in [1.29, 1.82) is 0 Å². The van der Waals surface area contributed by atoms with Crippen LogP contribution in [0.3, 0.4) is 0 Å². The summed E-state index contributed by atoms with van der Waals surface area (Å²) >= 11 is 0. The van der Waals surface area contributed by atoms with E-state index >= 15 is 0 Å². The van der Waals surface area contributed by atoms with Gasteiger partial charge in [0.1, 0.15) is 0 Å². The molecule has 0 aliphatic rings. The predicted octanol–water partition coefficient (Wildman–Crippen LogP) is 5.28. The number of hydrogen-bond donors (Lipinski definition) is 0. The summed E-state index contributed by atoms with van der Waals surface area (Å²) in [6.07, 6.45) is 0.943. The third-order valence-electron chi connectivity index (χ3n) is 4.61. The SMILES string of the molecule is CC(C)Cc1ccc(S(=O)(=O)N(Cc2ccccc2)Cc2ccccc2)cc1. The minimum Gasteiger partial charge on any atom is -0.207 e. The van der Waals surface area contributed by atoms with Gasteiger partial charge in [-0.2, -0.15) is 4.31 Å². The summed E-state index contributed by atoms with van der Waals surface area (Å²) in [6, 6.07) is 26.8. The molecule has 0 bridgehead atoms. The normalized spacial score (nSPS) is 11.9. The average molecular weight is 394 g/mol. The number of nitrogens with zero attached hydrogens (tertiary/aromatic N) is 1. The van der Waals surface area contributed by atoms with Crippen LogP contribution in [-0.4, -0.2) is 12.7 Å². The Hall–Kier alpha value is -2.43. The van der Waals surface area contributed by atoms with Crippen molar-refractivity contribution in [3.05, 3.63) is 102 Å². The average Bonchev–Trinajstić information content (AvgIpc) is 2.69. The van der Waals surface area contributed by atoms with Crippen LogP contribution in [0.1, 0.15) is 30.5 Å². The summed E-state index contributed by atoms with van der Waals surface area (Å²) in [5.74, 6) is 0.537. The van der Waals surface area contributed by atoms with Crippen molar-refractivity contribution in [1.82, 2.24) is 4.31 Å². The van der Waals surface area contributed by atoms with Gasteiger partial charge in [0.2, 0.25) is 10.0 Å². The van der Waals surface area contributed by atoms with Gasteiger partial charge >= 0.3 is 0 Å². The predicted molar refractivity (Wildman–Crippen MR) is 114 cm³/mol. The van der Waals surface area contributed by atoms with Crippen molar-refractivity contribution in [2.75, 3.05) is 0 Å². The van der Waals surface area contributed by atoms with E-state index in [4.69, 9.17) is 0 Å². The van der Waals surface area contributed by atoms with E-state index in [9.17, 15) is 8.42 Å². The van der Waals surface area contributed by atoms with Crippen LogP contribution in [0.25, 0.3) is 0 Å². The van der Waals surface area contributed by atoms with E-state index in [1.54, 1.807) is 16.4 Å². The van der Waals surface area contributed by atoms with Crippen LogP contribution < -0.4 is 0 Å². The van der Waals surface area contributed by atoms with E-state index in [0.29, 0.717) is 23.9 Å². The molecule has 0 amide bonds. The van der Waals surface area contributed by atoms with Crippen molar-refractivity contribution in [3.63, 3.8) is 0 Å². The van der Waals surface area contributed by atoms with Crippen molar-refractivity contribution in [2.45, 2.75) is 38.3 Å². The van der Waals surface area contributed by atoms with Crippen LogP contribution in [-0.2, 0) is 29.5 Å². The zero-order valence-corrected chi connectivity index (χ0v) is 17.3. The lowest BCUT2D eigenvalue weighted by atomic mass is 10.0. The van der Waals surface area contributed by atoms with Gasteiger partial charge in [0.25, 0.3) is 0 Å². The van der Waals surface area contributed by atoms with Gasteiger partial charge in [-0.3, -0.25) is 0 Å². The maximum Gasteiger partial charge on any atom is 0.243 e. The Bertz CT molecular complexity index is 925. The van der Waals surface area contributed by atoms with Gasteiger partial charge in [0.15, 0.2) is 0 Å². The van der Waals surface area contributed by atoms with Crippen LogP contribution in [0.4, 0.5) is 0 Å². The Morgan fingerprint density at radius 2 is 1.14 bits per heavy atom. The maximum absolute atomic E-state index is 13.4. The molecule has 0 heterocycles. The molecule has 0 aromatic heterocycles. The lowest BCUT2D eigenvalue weighted by Gasteiger charge is -2.23. The Balaban J connectivity index is 1.90. The van der Waals surface area contributed by atoms with Gasteiger partial charge in [0, 0.05) is 13.1 Å². The topological polar surface area (TPSA) is 37.4 Å². The first-order chi connectivity index (χ1) is 13.4. The summed E-state index contributed by atoms with van der Waals surface area (Å²) in [7, 11) is -3.61. The van der Waals surface area contributed by atoms with Crippen molar-refractivity contribution in [2.24, 2.45) is 5.92 Å². The molecular formula is C24H27NO2S. The van der Waals surface area contributed by atoms with E-state index in [2.05, 4.69) is 13.8 Å². The molecule has 0 radical (unpaired) electrons. The highest BCUT2D eigenvalue weighted by molar-refractivity contribution is 7.89. The van der Waals surface area contributed by atoms with E-state index in [1.807, 2.05) is 72.8 Å². The molecule has 0 atom stereocenters. The zero-order valence-electron chi connectivity index (χ0n) is 16.5. The van der Waals surface area contributed by atoms with Gasteiger partial charge < -0.3 is 0 Å². The van der Waals surface area contributed by atoms with E-state index < -0.39 is 10.0 Å². The fourth-order valence-electron chi connectivity index (χ4n) is 3.22. The molecular weight excluding hydrogens is 366 g/mol. The fourth-order valence-corrected chi connectivity index (χ4v) is 4.63. The second-order valence-corrected chi connectivity index (χ2v) is 9.42. The molecule has 0 saturated carbocycles. The van der Waals surface area contributed by atoms with E-state index in [1.165, 1.54) is 0 Å². The van der Waals surface area contributed by atoms with Gasteiger partial charge in [0.05, 0.1) is 4.90 Å². The number of rotatable bonds is 8. The van der Waals surface area contributed by atoms with Crippen LogP contribution in [0, 0.1) is 5.92 Å². The molecule has 0 unspecified atom stereocenters. The van der Waals surface area contributed by atoms with Crippen molar-refractivity contribution < 1.29 is 8.42 Å². The second kappa shape index (κ2) is 9.18. The molecule has 3 aromatic carbocycles. The molecule has 0 N–H and O–H groups in total. The van der Waals surface area contributed by atoms with Gasteiger partial charge in [-0.1, -0.05) is 86.6 Å². The molecule has 4 heteroatoms. The third kappa shape index (κ3) is 5.31. The highest BCUT2D eigenvalue weighted by Gasteiger charge is 2.25. The van der Waals surface area contributed by atoms with Crippen LogP contribution in [0.2, 0.25) is 0 Å². The first-order valence-electron chi connectivity index (χ1n) is 9.62. The molecule has 0 saturated heterocycles. The quantitative estimate of drug-likeness (QED) is 0.522. The minimum absolute atomic E-state index is 0.339. The smallest absolute Gasteiger partial charge is 0.207 e. The van der Waals surface area contributed by atoms with Gasteiger partial charge in [-0.15, -0.1) is 0 Å². The summed E-state index contributed by atoms with van der Waals surface area (Å²) in [4.78, 5) is 0.340. The number of hydrogen-bond acceptors (Lipinski definition) is 2. The largest absolute Gasteiger partial charge is 0.243 e.